The Kier molecular flexibility index (Phi) is 3.44. The fourth-order valence-electron chi connectivity index (χ4n) is 2.92. The summed E-state index contributed by atoms with van der Waals surface area (Å²) in [6.07, 6.45) is 4.81. The van der Waals surface area contributed by atoms with Gasteiger partial charge < -0.3 is 14.9 Å². The van der Waals surface area contributed by atoms with Crippen molar-refractivity contribution in [3.8, 4) is 0 Å². The zero-order valence-corrected chi connectivity index (χ0v) is 12.2. The number of aromatic amines is 1. The molecule has 1 unspecified atom stereocenters. The summed E-state index contributed by atoms with van der Waals surface area (Å²) in [6, 6.07) is 8.83. The maximum Gasteiger partial charge on any atom is 0.222 e. The van der Waals surface area contributed by atoms with Crippen molar-refractivity contribution in [3.63, 3.8) is 0 Å². The van der Waals surface area contributed by atoms with Crippen LogP contribution >= 0.6 is 12.2 Å². The Bertz CT molecular complexity index is 701. The van der Waals surface area contributed by atoms with Gasteiger partial charge in [-0.3, -0.25) is 4.79 Å². The molecule has 0 spiro atoms. The van der Waals surface area contributed by atoms with E-state index in [2.05, 4.69) is 34.6 Å². The third kappa shape index (κ3) is 2.41. The van der Waals surface area contributed by atoms with Crippen LogP contribution in [0.1, 0.15) is 30.5 Å². The molecule has 1 heterocycles. The third-order valence-corrected chi connectivity index (χ3v) is 4.12. The summed E-state index contributed by atoms with van der Waals surface area (Å²) in [7, 11) is 0. The lowest BCUT2D eigenvalue weighted by Gasteiger charge is -2.27. The summed E-state index contributed by atoms with van der Waals surface area (Å²) in [6.45, 7) is 1.51. The number of nitrogens with zero attached hydrogens (tertiary/aromatic N) is 1. The molecule has 3 rings (SSSR count). The molecule has 0 saturated carbocycles. The summed E-state index contributed by atoms with van der Waals surface area (Å²) in [5.74, 6) is 0.677. The highest BCUT2D eigenvalue weighted by atomic mass is 32.1. The van der Waals surface area contributed by atoms with Crippen molar-refractivity contribution in [2.24, 2.45) is 0 Å². The number of hydrogen-bond donors (Lipinski definition) is 2. The predicted octanol–water partition coefficient (Wildman–Crippen LogP) is 3.23. The number of aryl methyl sites for hydroxylation is 1. The quantitative estimate of drug-likeness (QED) is 0.833. The van der Waals surface area contributed by atoms with Gasteiger partial charge in [0.1, 0.15) is 5.82 Å². The van der Waals surface area contributed by atoms with E-state index in [0.29, 0.717) is 10.8 Å². The van der Waals surface area contributed by atoms with Gasteiger partial charge in [0.05, 0.1) is 0 Å². The predicted molar refractivity (Wildman–Crippen MR) is 81.4 cm³/mol. The van der Waals surface area contributed by atoms with Crippen LogP contribution < -0.4 is 5.32 Å². The Morgan fingerprint density at radius 2 is 2.15 bits per heavy atom. The average Bonchev–Trinajstić information content (AvgIpc) is 2.78. The molecule has 0 saturated heterocycles. The number of aromatic nitrogens is 2. The van der Waals surface area contributed by atoms with Gasteiger partial charge in [0.2, 0.25) is 5.91 Å². The van der Waals surface area contributed by atoms with Gasteiger partial charge in [0, 0.05) is 19.2 Å². The van der Waals surface area contributed by atoms with Gasteiger partial charge in [-0.2, -0.15) is 0 Å². The van der Waals surface area contributed by atoms with Crippen molar-refractivity contribution in [2.75, 3.05) is 5.32 Å². The smallest absolute Gasteiger partial charge is 0.222 e. The summed E-state index contributed by atoms with van der Waals surface area (Å²) in [4.78, 5) is 14.3. The molecule has 2 aromatic rings. The number of fused-ring (bicyclic) bond motifs is 1. The van der Waals surface area contributed by atoms with E-state index in [1.807, 2.05) is 4.57 Å². The second-order valence-electron chi connectivity index (χ2n) is 5.20. The largest absolute Gasteiger partial charge is 0.335 e. The molecular weight excluding hydrogens is 270 g/mol. The SMILES string of the molecule is CC(=O)Nc1c[nH]c(=S)n1C1CCc2ccccc2C1. The van der Waals surface area contributed by atoms with E-state index in [-0.39, 0.29) is 5.91 Å². The van der Waals surface area contributed by atoms with Crippen LogP contribution in [0.25, 0.3) is 0 Å². The van der Waals surface area contributed by atoms with E-state index < -0.39 is 0 Å². The molecule has 2 N–H and O–H groups in total. The van der Waals surface area contributed by atoms with Crippen LogP contribution in [0.4, 0.5) is 5.82 Å². The lowest BCUT2D eigenvalue weighted by atomic mass is 9.88. The van der Waals surface area contributed by atoms with Crippen LogP contribution in [0.5, 0.6) is 0 Å². The molecule has 0 bridgehead atoms. The van der Waals surface area contributed by atoms with Gasteiger partial charge in [-0.25, -0.2) is 0 Å². The third-order valence-electron chi connectivity index (χ3n) is 3.80. The number of amides is 1. The molecule has 0 fully saturated rings. The molecule has 1 aliphatic rings. The standard InChI is InChI=1S/C15H17N3OS/c1-10(19)17-14-9-16-15(20)18(14)13-7-6-11-4-2-3-5-12(11)8-13/h2-5,9,13H,6-8H2,1H3,(H,16,20)(H,17,19). The molecule has 4 nitrogen and oxygen atoms in total. The topological polar surface area (TPSA) is 49.8 Å². The molecular formula is C15H17N3OS. The second-order valence-corrected chi connectivity index (χ2v) is 5.58. The molecule has 0 radical (unpaired) electrons. The normalized spacial score (nSPS) is 17.6. The second kappa shape index (κ2) is 5.25. The fourth-order valence-corrected chi connectivity index (χ4v) is 3.22. The van der Waals surface area contributed by atoms with Crippen molar-refractivity contribution in [1.29, 1.82) is 0 Å². The monoisotopic (exact) mass is 287 g/mol. The number of imidazole rings is 1. The van der Waals surface area contributed by atoms with Crippen molar-refractivity contribution in [1.82, 2.24) is 9.55 Å². The maximum absolute atomic E-state index is 11.3. The number of H-pyrrole nitrogens is 1. The van der Waals surface area contributed by atoms with Crippen molar-refractivity contribution in [3.05, 3.63) is 46.4 Å². The van der Waals surface area contributed by atoms with Crippen molar-refractivity contribution >= 4 is 23.9 Å². The van der Waals surface area contributed by atoms with E-state index in [1.54, 1.807) is 6.20 Å². The molecule has 1 aromatic carbocycles. The number of benzene rings is 1. The number of rotatable bonds is 2. The highest BCUT2D eigenvalue weighted by Gasteiger charge is 2.22. The molecule has 1 atom stereocenters. The number of carbonyl (C=O) groups is 1. The molecule has 104 valence electrons. The Balaban J connectivity index is 1.93. The summed E-state index contributed by atoms with van der Waals surface area (Å²) < 4.78 is 2.70. The molecule has 0 aliphatic heterocycles. The molecule has 1 aliphatic carbocycles. The summed E-state index contributed by atoms with van der Waals surface area (Å²) >= 11 is 5.36. The van der Waals surface area contributed by atoms with Gasteiger partial charge in [-0.05, 0) is 42.6 Å². The zero-order valence-electron chi connectivity index (χ0n) is 11.3. The number of hydrogen-bond acceptors (Lipinski definition) is 2. The van der Waals surface area contributed by atoms with Gasteiger partial charge in [-0.15, -0.1) is 0 Å². The van der Waals surface area contributed by atoms with Gasteiger partial charge in [-0.1, -0.05) is 24.3 Å². The van der Waals surface area contributed by atoms with Crippen molar-refractivity contribution < 1.29 is 4.79 Å². The molecule has 20 heavy (non-hydrogen) atoms. The van der Waals surface area contributed by atoms with Crippen LogP contribution in [0.2, 0.25) is 0 Å². The first kappa shape index (κ1) is 13.1. The van der Waals surface area contributed by atoms with Crippen LogP contribution in [-0.4, -0.2) is 15.5 Å². The van der Waals surface area contributed by atoms with Crippen LogP contribution in [0, 0.1) is 4.77 Å². The lowest BCUT2D eigenvalue weighted by Crippen LogP contribution is -2.21. The first-order valence-corrected chi connectivity index (χ1v) is 7.20. The Morgan fingerprint density at radius 1 is 1.40 bits per heavy atom. The number of anilines is 1. The fraction of sp³-hybridized carbons (Fsp3) is 0.333. The summed E-state index contributed by atoms with van der Waals surface area (Å²) in [5, 5.41) is 2.84. The molecule has 1 amide bonds. The highest BCUT2D eigenvalue weighted by Crippen LogP contribution is 2.31. The summed E-state index contributed by atoms with van der Waals surface area (Å²) in [5.41, 5.74) is 2.80. The molecule has 5 heteroatoms. The van der Waals surface area contributed by atoms with Crippen LogP contribution in [-0.2, 0) is 17.6 Å². The molecule has 1 aromatic heterocycles. The minimum Gasteiger partial charge on any atom is -0.335 e. The van der Waals surface area contributed by atoms with Crippen LogP contribution in [0.3, 0.4) is 0 Å². The minimum atomic E-state index is -0.0797. The Labute approximate surface area is 122 Å². The minimum absolute atomic E-state index is 0.0797. The first-order chi connectivity index (χ1) is 9.65. The Hall–Kier alpha value is -1.88. The highest BCUT2D eigenvalue weighted by molar-refractivity contribution is 7.71. The van der Waals surface area contributed by atoms with Crippen molar-refractivity contribution in [2.45, 2.75) is 32.2 Å². The zero-order chi connectivity index (χ0) is 14.1. The van der Waals surface area contributed by atoms with E-state index in [0.717, 1.165) is 25.1 Å². The van der Waals surface area contributed by atoms with E-state index in [9.17, 15) is 4.79 Å². The van der Waals surface area contributed by atoms with Gasteiger partial charge in [0.25, 0.3) is 0 Å². The van der Waals surface area contributed by atoms with Gasteiger partial charge in [0.15, 0.2) is 4.77 Å². The number of carbonyl (C=O) groups excluding carboxylic acids is 1. The maximum atomic E-state index is 11.3. The Morgan fingerprint density at radius 3 is 2.90 bits per heavy atom. The first-order valence-electron chi connectivity index (χ1n) is 6.79. The van der Waals surface area contributed by atoms with Crippen LogP contribution in [0.15, 0.2) is 30.5 Å². The number of nitrogens with one attached hydrogen (secondary N) is 2. The van der Waals surface area contributed by atoms with E-state index in [1.165, 1.54) is 18.1 Å². The van der Waals surface area contributed by atoms with E-state index in [4.69, 9.17) is 12.2 Å². The van der Waals surface area contributed by atoms with E-state index >= 15 is 0 Å². The lowest BCUT2D eigenvalue weighted by molar-refractivity contribution is -0.114. The average molecular weight is 287 g/mol. The van der Waals surface area contributed by atoms with Gasteiger partial charge >= 0.3 is 0 Å².